The van der Waals surface area contributed by atoms with Crippen LogP contribution in [0.15, 0.2) is 71.1 Å². The van der Waals surface area contributed by atoms with Crippen LogP contribution in [0.5, 0.6) is 0 Å². The van der Waals surface area contributed by atoms with Gasteiger partial charge in [-0.3, -0.25) is 9.59 Å². The maximum atomic E-state index is 13.5. The quantitative estimate of drug-likeness (QED) is 0.633. The Morgan fingerprint density at radius 2 is 1.73 bits per heavy atom. The summed E-state index contributed by atoms with van der Waals surface area (Å²) in [4.78, 5) is 28.8. The van der Waals surface area contributed by atoms with Crippen molar-refractivity contribution in [3.05, 3.63) is 82.5 Å². The Morgan fingerprint density at radius 3 is 2.36 bits per heavy atom. The van der Waals surface area contributed by atoms with Gasteiger partial charge in [0.2, 0.25) is 0 Å². The smallest absolute Gasteiger partial charge is 0.254 e. The third kappa shape index (κ3) is 4.56. The first kappa shape index (κ1) is 22.8. The van der Waals surface area contributed by atoms with E-state index >= 15 is 0 Å². The SMILES string of the molecule is CCN(CC)c1ccc(C2C(C(=O)Nc3ccc(F)cc3)=C(C)NC3=C2C(=O)CCC3)cc1. The van der Waals surface area contributed by atoms with Crippen LogP contribution in [0.1, 0.15) is 51.5 Å². The number of halogens is 1. The molecule has 1 atom stereocenters. The van der Waals surface area contributed by atoms with Crippen LogP contribution in [0.25, 0.3) is 0 Å². The van der Waals surface area contributed by atoms with Gasteiger partial charge >= 0.3 is 0 Å². The van der Waals surface area contributed by atoms with Gasteiger partial charge in [-0.2, -0.15) is 0 Å². The molecule has 2 N–H and O–H groups in total. The summed E-state index contributed by atoms with van der Waals surface area (Å²) >= 11 is 0. The molecule has 1 heterocycles. The van der Waals surface area contributed by atoms with Crippen LogP contribution in [0, 0.1) is 5.82 Å². The van der Waals surface area contributed by atoms with Crippen LogP contribution in [0.4, 0.5) is 15.8 Å². The van der Waals surface area contributed by atoms with Crippen molar-refractivity contribution in [3.8, 4) is 0 Å². The van der Waals surface area contributed by atoms with Crippen LogP contribution < -0.4 is 15.5 Å². The number of allylic oxidation sites excluding steroid dienone is 3. The molecule has 0 radical (unpaired) electrons. The van der Waals surface area contributed by atoms with E-state index in [0.29, 0.717) is 23.3 Å². The minimum atomic E-state index is -0.444. The van der Waals surface area contributed by atoms with Gasteiger partial charge in [-0.15, -0.1) is 0 Å². The highest BCUT2D eigenvalue weighted by molar-refractivity contribution is 6.09. The summed E-state index contributed by atoms with van der Waals surface area (Å²) in [6.07, 6.45) is 2.09. The predicted octanol–water partition coefficient (Wildman–Crippen LogP) is 5.28. The van der Waals surface area contributed by atoms with Gasteiger partial charge in [0.25, 0.3) is 5.91 Å². The molecule has 0 spiro atoms. The molecule has 5 nitrogen and oxygen atoms in total. The van der Waals surface area contributed by atoms with Gasteiger partial charge in [-0.05, 0) is 75.6 Å². The molecule has 6 heteroatoms. The van der Waals surface area contributed by atoms with Gasteiger partial charge in [0, 0.05) is 59.3 Å². The molecule has 2 aromatic rings. The van der Waals surface area contributed by atoms with Crippen LogP contribution in [-0.4, -0.2) is 24.8 Å². The fourth-order valence-corrected chi connectivity index (χ4v) is 4.82. The molecule has 1 aliphatic carbocycles. The molecule has 33 heavy (non-hydrogen) atoms. The summed E-state index contributed by atoms with van der Waals surface area (Å²) in [7, 11) is 0. The monoisotopic (exact) mass is 447 g/mol. The minimum Gasteiger partial charge on any atom is -0.372 e. The van der Waals surface area contributed by atoms with E-state index in [2.05, 4.69) is 41.5 Å². The van der Waals surface area contributed by atoms with Gasteiger partial charge in [-0.25, -0.2) is 4.39 Å². The van der Waals surface area contributed by atoms with E-state index in [1.807, 2.05) is 19.1 Å². The van der Waals surface area contributed by atoms with Crippen molar-refractivity contribution >= 4 is 23.1 Å². The number of carbonyl (C=O) groups excluding carboxylic acids is 2. The normalized spacial score (nSPS) is 18.1. The number of benzene rings is 2. The zero-order valence-electron chi connectivity index (χ0n) is 19.4. The van der Waals surface area contributed by atoms with E-state index in [0.717, 1.165) is 48.6 Å². The number of anilines is 2. The zero-order valence-corrected chi connectivity index (χ0v) is 19.4. The second-order valence-electron chi connectivity index (χ2n) is 8.49. The zero-order chi connectivity index (χ0) is 23.5. The van der Waals surface area contributed by atoms with E-state index in [-0.39, 0.29) is 17.5 Å². The number of nitrogens with one attached hydrogen (secondary N) is 2. The summed E-state index contributed by atoms with van der Waals surface area (Å²) in [6.45, 7) is 7.92. The highest BCUT2D eigenvalue weighted by atomic mass is 19.1. The van der Waals surface area contributed by atoms with Gasteiger partial charge < -0.3 is 15.5 Å². The largest absolute Gasteiger partial charge is 0.372 e. The first-order valence-electron chi connectivity index (χ1n) is 11.6. The molecule has 2 aliphatic rings. The molecule has 1 aliphatic heterocycles. The number of hydrogen-bond donors (Lipinski definition) is 2. The Hall–Kier alpha value is -3.41. The molecule has 0 saturated heterocycles. The summed E-state index contributed by atoms with van der Waals surface area (Å²) in [6, 6.07) is 13.8. The standard InChI is InChI=1S/C27H30FN3O2/c1-4-31(5-2)21-15-9-18(10-16-21)25-24(27(33)30-20-13-11-19(28)12-14-20)17(3)29-22-7-6-8-23(32)26(22)25/h9-16,25,29H,4-8H2,1-3H3,(H,30,33). The van der Waals surface area contributed by atoms with Gasteiger partial charge in [-0.1, -0.05) is 12.1 Å². The Bertz CT molecular complexity index is 1110. The van der Waals surface area contributed by atoms with Crippen LogP contribution in [0.3, 0.4) is 0 Å². The first-order chi connectivity index (χ1) is 15.9. The van der Waals surface area contributed by atoms with Crippen molar-refractivity contribution in [1.29, 1.82) is 0 Å². The average Bonchev–Trinajstić information content (AvgIpc) is 2.81. The Kier molecular flexibility index (Phi) is 6.63. The van der Waals surface area contributed by atoms with Crippen molar-refractivity contribution in [3.63, 3.8) is 0 Å². The lowest BCUT2D eigenvalue weighted by atomic mass is 9.75. The number of dihydropyridines is 1. The van der Waals surface area contributed by atoms with Crippen molar-refractivity contribution in [1.82, 2.24) is 5.32 Å². The number of rotatable bonds is 6. The molecule has 0 fully saturated rings. The Balaban J connectivity index is 1.74. The molecule has 2 aromatic carbocycles. The molecular weight excluding hydrogens is 417 g/mol. The van der Waals surface area contributed by atoms with Crippen LogP contribution >= 0.6 is 0 Å². The molecule has 1 amide bonds. The molecule has 1 unspecified atom stereocenters. The third-order valence-corrected chi connectivity index (χ3v) is 6.48. The van der Waals surface area contributed by atoms with E-state index in [1.165, 1.54) is 24.3 Å². The van der Waals surface area contributed by atoms with E-state index in [4.69, 9.17) is 0 Å². The van der Waals surface area contributed by atoms with Gasteiger partial charge in [0.15, 0.2) is 5.78 Å². The number of carbonyl (C=O) groups is 2. The molecular formula is C27H30FN3O2. The van der Waals surface area contributed by atoms with Crippen molar-refractivity contribution in [2.45, 2.75) is 46.0 Å². The van der Waals surface area contributed by atoms with E-state index in [9.17, 15) is 14.0 Å². The third-order valence-electron chi connectivity index (χ3n) is 6.48. The molecule has 172 valence electrons. The highest BCUT2D eigenvalue weighted by Gasteiger charge is 2.38. The average molecular weight is 448 g/mol. The number of amides is 1. The molecule has 0 saturated carbocycles. The maximum absolute atomic E-state index is 13.5. The lowest BCUT2D eigenvalue weighted by molar-refractivity contribution is -0.116. The van der Waals surface area contributed by atoms with E-state index in [1.54, 1.807) is 0 Å². The summed E-state index contributed by atoms with van der Waals surface area (Å²) in [5, 5.41) is 6.21. The fraction of sp³-hybridized carbons (Fsp3) is 0.333. The van der Waals surface area contributed by atoms with Crippen molar-refractivity contribution < 1.29 is 14.0 Å². The highest BCUT2D eigenvalue weighted by Crippen LogP contribution is 2.42. The first-order valence-corrected chi connectivity index (χ1v) is 11.6. The molecule has 0 bridgehead atoms. The number of Topliss-reactive ketones (excluding diaryl/α,β-unsaturated/α-hetero) is 1. The minimum absolute atomic E-state index is 0.0844. The summed E-state index contributed by atoms with van der Waals surface area (Å²) in [5.74, 6) is -1.02. The summed E-state index contributed by atoms with van der Waals surface area (Å²) in [5.41, 5.74) is 5.39. The topological polar surface area (TPSA) is 61.4 Å². The predicted molar refractivity (Wildman–Crippen MR) is 129 cm³/mol. The fourth-order valence-electron chi connectivity index (χ4n) is 4.82. The molecule has 0 aromatic heterocycles. The number of hydrogen-bond acceptors (Lipinski definition) is 4. The van der Waals surface area contributed by atoms with Crippen molar-refractivity contribution in [2.24, 2.45) is 0 Å². The van der Waals surface area contributed by atoms with Gasteiger partial charge in [0.1, 0.15) is 5.82 Å². The van der Waals surface area contributed by atoms with Crippen molar-refractivity contribution in [2.75, 3.05) is 23.3 Å². The maximum Gasteiger partial charge on any atom is 0.254 e. The lowest BCUT2D eigenvalue weighted by Crippen LogP contribution is -2.35. The second-order valence-corrected chi connectivity index (χ2v) is 8.49. The van der Waals surface area contributed by atoms with Crippen LogP contribution in [0.2, 0.25) is 0 Å². The number of ketones is 1. The van der Waals surface area contributed by atoms with Gasteiger partial charge in [0.05, 0.1) is 0 Å². The second kappa shape index (κ2) is 9.61. The lowest BCUT2D eigenvalue weighted by Gasteiger charge is -2.34. The summed E-state index contributed by atoms with van der Waals surface area (Å²) < 4.78 is 13.3. The Morgan fingerprint density at radius 1 is 1.06 bits per heavy atom. The molecule has 4 rings (SSSR count). The van der Waals surface area contributed by atoms with E-state index < -0.39 is 5.92 Å². The Labute approximate surface area is 194 Å². The van der Waals surface area contributed by atoms with Crippen LogP contribution in [-0.2, 0) is 9.59 Å². The number of nitrogens with zero attached hydrogens (tertiary/aromatic N) is 1.